The second-order valence-electron chi connectivity index (χ2n) is 10.9. The molecule has 0 aliphatic heterocycles. The summed E-state index contributed by atoms with van der Waals surface area (Å²) in [5.41, 5.74) is 5.44. The number of carboxylic acid groups (broad SMARTS) is 1. The zero-order valence-electron chi connectivity index (χ0n) is 24.5. The number of carbonyl (C=O) groups excluding carboxylic acids is 1. The van der Waals surface area contributed by atoms with Crippen LogP contribution in [0.4, 0.5) is 4.39 Å². The van der Waals surface area contributed by atoms with Gasteiger partial charge in [0.1, 0.15) is 11.5 Å². The minimum atomic E-state index is -1.19. The average molecular weight is 589 g/mol. The molecule has 0 radical (unpaired) electrons. The molecule has 0 bridgehead atoms. The topological polar surface area (TPSA) is 138 Å². The van der Waals surface area contributed by atoms with Crippen LogP contribution in [0.2, 0.25) is 0 Å². The molecule has 10 heteroatoms. The number of aromatic nitrogens is 3. The van der Waals surface area contributed by atoms with Crippen molar-refractivity contribution >= 4 is 11.9 Å². The van der Waals surface area contributed by atoms with Gasteiger partial charge in [-0.3, -0.25) is 19.6 Å². The van der Waals surface area contributed by atoms with Crippen LogP contribution in [0.25, 0.3) is 22.3 Å². The number of benzene rings is 2. The Kier molecular flexibility index (Phi) is 10.4. The highest BCUT2D eigenvalue weighted by molar-refractivity contribution is 6.05. The number of aryl methyl sites for hydroxylation is 1. The smallest absolute Gasteiger partial charge is 0.305 e. The largest absolute Gasteiger partial charge is 0.481 e. The summed E-state index contributed by atoms with van der Waals surface area (Å²) in [4.78, 5) is 33.7. The van der Waals surface area contributed by atoms with Crippen molar-refractivity contribution in [2.45, 2.75) is 71.2 Å². The molecule has 0 saturated heterocycles. The number of hydrogen-bond acceptors (Lipinski definition) is 6. The Balaban J connectivity index is 1.84. The summed E-state index contributed by atoms with van der Waals surface area (Å²) in [6.45, 7) is 5.91. The molecule has 1 amide bonds. The number of rotatable bonds is 13. The van der Waals surface area contributed by atoms with E-state index in [2.05, 4.69) is 15.3 Å². The first kappa shape index (κ1) is 31.5. The number of halogens is 1. The Labute approximate surface area is 250 Å². The molecule has 43 heavy (non-hydrogen) atoms. The highest BCUT2D eigenvalue weighted by Crippen LogP contribution is 2.42. The van der Waals surface area contributed by atoms with Crippen LogP contribution >= 0.6 is 0 Å². The maximum absolute atomic E-state index is 14.1. The lowest BCUT2D eigenvalue weighted by molar-refractivity contribution is -0.139. The maximum Gasteiger partial charge on any atom is 0.305 e. The Bertz CT molecular complexity index is 1540. The first-order chi connectivity index (χ1) is 20.5. The Morgan fingerprint density at radius 2 is 1.60 bits per heavy atom. The number of aliphatic carboxylic acids is 1. The fourth-order valence-corrected chi connectivity index (χ4v) is 5.28. The van der Waals surface area contributed by atoms with E-state index in [9.17, 15) is 24.2 Å². The molecule has 2 aromatic heterocycles. The molecule has 0 aliphatic rings. The summed E-state index contributed by atoms with van der Waals surface area (Å²) >= 11 is 0. The molecule has 0 spiro atoms. The Morgan fingerprint density at radius 1 is 0.930 bits per heavy atom. The molecule has 0 aliphatic carbocycles. The third kappa shape index (κ3) is 7.91. The highest BCUT2D eigenvalue weighted by atomic mass is 19.1. The molecule has 226 valence electrons. The van der Waals surface area contributed by atoms with Crippen LogP contribution in [0.15, 0.2) is 67.0 Å². The van der Waals surface area contributed by atoms with E-state index >= 15 is 0 Å². The number of nitrogens with one attached hydrogen (secondary N) is 1. The lowest BCUT2D eigenvalue weighted by atomic mass is 9.92. The van der Waals surface area contributed by atoms with Crippen molar-refractivity contribution in [3.8, 4) is 22.3 Å². The summed E-state index contributed by atoms with van der Waals surface area (Å²) in [7, 11) is 0. The number of carbonyl (C=O) groups is 2. The van der Waals surface area contributed by atoms with Crippen molar-refractivity contribution < 1.29 is 29.3 Å². The van der Waals surface area contributed by atoms with Gasteiger partial charge in [-0.25, -0.2) is 4.39 Å². The van der Waals surface area contributed by atoms with E-state index in [0.717, 1.165) is 22.5 Å². The van der Waals surface area contributed by atoms with Crippen molar-refractivity contribution in [2.24, 2.45) is 0 Å². The highest BCUT2D eigenvalue weighted by Gasteiger charge is 2.30. The normalized spacial score (nSPS) is 12.7. The third-order valence-corrected chi connectivity index (χ3v) is 7.17. The van der Waals surface area contributed by atoms with Crippen LogP contribution in [0.3, 0.4) is 0 Å². The molecule has 2 heterocycles. The molecule has 2 aromatic carbocycles. The van der Waals surface area contributed by atoms with E-state index in [1.165, 1.54) is 12.1 Å². The Morgan fingerprint density at radius 3 is 2.21 bits per heavy atom. The zero-order chi connectivity index (χ0) is 31.1. The van der Waals surface area contributed by atoms with Crippen LogP contribution in [0.5, 0.6) is 0 Å². The molecule has 4 N–H and O–H groups in total. The van der Waals surface area contributed by atoms with E-state index in [4.69, 9.17) is 5.11 Å². The summed E-state index contributed by atoms with van der Waals surface area (Å²) in [6, 6.07) is 15.4. The quantitative estimate of drug-likeness (QED) is 0.171. The van der Waals surface area contributed by atoms with Gasteiger partial charge >= 0.3 is 5.97 Å². The van der Waals surface area contributed by atoms with E-state index in [1.807, 2.05) is 55.7 Å². The molecule has 0 fully saturated rings. The van der Waals surface area contributed by atoms with Gasteiger partial charge in [-0.05, 0) is 63.3 Å². The van der Waals surface area contributed by atoms with Crippen molar-refractivity contribution in [3.63, 3.8) is 0 Å². The number of aliphatic hydroxyl groups is 2. The second kappa shape index (κ2) is 14.2. The molecule has 9 nitrogen and oxygen atoms in total. The average Bonchev–Trinajstić information content (AvgIpc) is 3.31. The zero-order valence-corrected chi connectivity index (χ0v) is 24.5. The van der Waals surface area contributed by atoms with Crippen LogP contribution < -0.4 is 5.32 Å². The number of amides is 1. The molecule has 4 rings (SSSR count). The monoisotopic (exact) mass is 588 g/mol. The predicted molar refractivity (Wildman–Crippen MR) is 161 cm³/mol. The van der Waals surface area contributed by atoms with Crippen LogP contribution in [0, 0.1) is 12.7 Å². The molecular weight excluding hydrogens is 551 g/mol. The van der Waals surface area contributed by atoms with E-state index < -0.39 is 30.4 Å². The van der Waals surface area contributed by atoms with E-state index in [-0.39, 0.29) is 31.3 Å². The molecule has 0 unspecified atom stereocenters. The number of nitrogens with zero attached hydrogens (tertiary/aromatic N) is 3. The summed E-state index contributed by atoms with van der Waals surface area (Å²) in [5.74, 6) is -1.87. The number of aliphatic hydroxyl groups excluding tert-OH is 2. The van der Waals surface area contributed by atoms with Crippen molar-refractivity contribution in [1.82, 2.24) is 19.9 Å². The van der Waals surface area contributed by atoms with Gasteiger partial charge in [-0.15, -0.1) is 0 Å². The van der Waals surface area contributed by atoms with Crippen molar-refractivity contribution in [1.29, 1.82) is 0 Å². The SMILES string of the molecule is Cc1cnc(CNC(=O)c2c(-c3ccccc3)c(-c3ccc(F)cc3)c(CC[C@@H](O)C[C@@H](O)CC(=O)O)n2C(C)C)cn1. The molecule has 0 saturated carbocycles. The van der Waals surface area contributed by atoms with Gasteiger partial charge in [-0.2, -0.15) is 0 Å². The fourth-order valence-electron chi connectivity index (χ4n) is 5.28. The van der Waals surface area contributed by atoms with Gasteiger partial charge in [0.15, 0.2) is 0 Å². The number of carboxylic acids is 1. The van der Waals surface area contributed by atoms with Crippen LogP contribution in [-0.4, -0.2) is 53.9 Å². The summed E-state index contributed by atoms with van der Waals surface area (Å²) in [6.07, 6.45) is 1.03. The van der Waals surface area contributed by atoms with Gasteiger partial charge in [-0.1, -0.05) is 42.5 Å². The number of hydrogen-bond donors (Lipinski definition) is 4. The maximum atomic E-state index is 14.1. The third-order valence-electron chi connectivity index (χ3n) is 7.17. The van der Waals surface area contributed by atoms with Gasteiger partial charge < -0.3 is 25.2 Å². The Hall–Kier alpha value is -4.41. The van der Waals surface area contributed by atoms with Gasteiger partial charge in [0.25, 0.3) is 5.91 Å². The summed E-state index contributed by atoms with van der Waals surface area (Å²) in [5, 5.41) is 32.8. The standard InChI is InChI=1S/C33H37FN4O5/c1-20(2)38-28(14-13-26(39)15-27(40)16-29(41)42)30(23-9-11-24(34)12-10-23)31(22-7-5-4-6-8-22)32(38)33(43)37-19-25-18-35-21(3)17-36-25/h4-12,17-18,20,26-27,39-40H,13-16,19H2,1-3H3,(H,37,43)(H,41,42)/t26-,27-/m1/s1. The first-order valence-corrected chi connectivity index (χ1v) is 14.3. The second-order valence-corrected chi connectivity index (χ2v) is 10.9. The van der Waals surface area contributed by atoms with Gasteiger partial charge in [0.05, 0.1) is 42.8 Å². The molecular formula is C33H37FN4O5. The van der Waals surface area contributed by atoms with E-state index in [1.54, 1.807) is 24.5 Å². The lowest BCUT2D eigenvalue weighted by Crippen LogP contribution is -2.28. The van der Waals surface area contributed by atoms with E-state index in [0.29, 0.717) is 28.9 Å². The van der Waals surface area contributed by atoms with Gasteiger partial charge in [0.2, 0.25) is 0 Å². The minimum absolute atomic E-state index is 0.100. The molecule has 2 atom stereocenters. The van der Waals surface area contributed by atoms with Gasteiger partial charge in [0, 0.05) is 29.1 Å². The molecule has 4 aromatic rings. The first-order valence-electron chi connectivity index (χ1n) is 14.3. The lowest BCUT2D eigenvalue weighted by Gasteiger charge is -2.20. The fraction of sp³-hybridized carbons (Fsp3) is 0.333. The predicted octanol–water partition coefficient (Wildman–Crippen LogP) is 5.09. The van der Waals surface area contributed by atoms with Crippen molar-refractivity contribution in [2.75, 3.05) is 0 Å². The summed E-state index contributed by atoms with van der Waals surface area (Å²) < 4.78 is 16.0. The van der Waals surface area contributed by atoms with Crippen LogP contribution in [-0.2, 0) is 17.8 Å². The van der Waals surface area contributed by atoms with Crippen LogP contribution in [0.1, 0.15) is 66.7 Å². The minimum Gasteiger partial charge on any atom is -0.481 e. The van der Waals surface area contributed by atoms with Crippen molar-refractivity contribution in [3.05, 3.63) is 95.6 Å².